The quantitative estimate of drug-likeness (QED) is 0.643. The number of carboxylic acids is 1. The zero-order chi connectivity index (χ0) is 15.7. The van der Waals surface area contributed by atoms with Crippen molar-refractivity contribution in [3.8, 4) is 0 Å². The number of urea groups is 1. The van der Waals surface area contributed by atoms with Crippen molar-refractivity contribution >= 4 is 17.9 Å². The van der Waals surface area contributed by atoms with Gasteiger partial charge in [-0.15, -0.1) is 0 Å². The van der Waals surface area contributed by atoms with Gasteiger partial charge in [-0.1, -0.05) is 0 Å². The summed E-state index contributed by atoms with van der Waals surface area (Å²) < 4.78 is 5.05. The summed E-state index contributed by atoms with van der Waals surface area (Å²) in [6.07, 6.45) is 1.38. The first-order valence-corrected chi connectivity index (χ1v) is 6.56. The number of amides is 3. The Morgan fingerprint density at radius 2 is 2.10 bits per heavy atom. The molecule has 0 saturated carbocycles. The molecule has 0 aromatic carbocycles. The van der Waals surface area contributed by atoms with Crippen LogP contribution >= 0.6 is 0 Å². The monoisotopic (exact) mass is 297 g/mol. The normalized spacial score (nSPS) is 9.95. The van der Waals surface area contributed by atoms with Crippen LogP contribution in [-0.2, 0) is 16.1 Å². The van der Waals surface area contributed by atoms with Crippen molar-refractivity contribution in [3.05, 3.63) is 24.2 Å². The second-order valence-electron chi connectivity index (χ2n) is 4.23. The number of carbonyl (C=O) groups excluding carboxylic acids is 2. The zero-order valence-corrected chi connectivity index (χ0v) is 11.8. The number of carboxylic acid groups (broad SMARTS) is 1. The number of hydrogen-bond donors (Lipinski definition) is 3. The molecule has 0 saturated heterocycles. The highest BCUT2D eigenvalue weighted by atomic mass is 16.4. The van der Waals surface area contributed by atoms with Gasteiger partial charge >= 0.3 is 12.0 Å². The summed E-state index contributed by atoms with van der Waals surface area (Å²) in [5, 5.41) is 13.5. The van der Waals surface area contributed by atoms with Gasteiger partial charge in [0.15, 0.2) is 0 Å². The number of aliphatic carboxylic acids is 1. The second-order valence-corrected chi connectivity index (χ2v) is 4.23. The van der Waals surface area contributed by atoms with E-state index in [0.29, 0.717) is 12.3 Å². The summed E-state index contributed by atoms with van der Waals surface area (Å²) in [5.41, 5.74) is 0. The zero-order valence-electron chi connectivity index (χ0n) is 11.8. The van der Waals surface area contributed by atoms with E-state index in [1.807, 2.05) is 0 Å². The SMILES string of the molecule is CCN(CCC(=O)O)C(=O)CNC(=O)NCc1ccco1. The van der Waals surface area contributed by atoms with E-state index >= 15 is 0 Å². The molecule has 1 rings (SSSR count). The van der Waals surface area contributed by atoms with Crippen molar-refractivity contribution in [1.29, 1.82) is 0 Å². The van der Waals surface area contributed by atoms with Crippen LogP contribution in [0.15, 0.2) is 22.8 Å². The molecule has 0 fully saturated rings. The third kappa shape index (κ3) is 6.46. The minimum absolute atomic E-state index is 0.121. The summed E-state index contributed by atoms with van der Waals surface area (Å²) in [7, 11) is 0. The van der Waals surface area contributed by atoms with Crippen LogP contribution in [0.3, 0.4) is 0 Å². The number of likely N-dealkylation sites (N-methyl/N-ethyl adjacent to an activating group) is 1. The van der Waals surface area contributed by atoms with E-state index in [-0.39, 0.29) is 32.0 Å². The molecule has 116 valence electrons. The second kappa shape index (κ2) is 8.62. The van der Waals surface area contributed by atoms with Crippen molar-refractivity contribution < 1.29 is 23.9 Å². The first-order chi connectivity index (χ1) is 10.0. The average Bonchev–Trinajstić information content (AvgIpc) is 2.96. The Morgan fingerprint density at radius 1 is 1.33 bits per heavy atom. The fourth-order valence-corrected chi connectivity index (χ4v) is 1.60. The molecule has 1 aromatic heterocycles. The van der Waals surface area contributed by atoms with E-state index in [2.05, 4.69) is 10.6 Å². The Bertz CT molecular complexity index is 472. The molecule has 0 aliphatic rings. The molecule has 0 aliphatic carbocycles. The molecule has 0 spiro atoms. The minimum atomic E-state index is -0.967. The lowest BCUT2D eigenvalue weighted by Gasteiger charge is -2.20. The molecule has 0 radical (unpaired) electrons. The van der Waals surface area contributed by atoms with Gasteiger partial charge in [0, 0.05) is 13.1 Å². The lowest BCUT2D eigenvalue weighted by Crippen LogP contribution is -2.44. The fraction of sp³-hybridized carbons (Fsp3) is 0.462. The lowest BCUT2D eigenvalue weighted by molar-refractivity contribution is -0.138. The highest BCUT2D eigenvalue weighted by molar-refractivity contribution is 5.84. The number of hydrogen-bond acceptors (Lipinski definition) is 4. The van der Waals surface area contributed by atoms with E-state index in [0.717, 1.165) is 0 Å². The Hall–Kier alpha value is -2.51. The Morgan fingerprint density at radius 3 is 2.67 bits per heavy atom. The van der Waals surface area contributed by atoms with Crippen LogP contribution in [0.2, 0.25) is 0 Å². The van der Waals surface area contributed by atoms with Crippen LogP contribution in [0.25, 0.3) is 0 Å². The van der Waals surface area contributed by atoms with Crippen molar-refractivity contribution in [3.63, 3.8) is 0 Å². The Kier molecular flexibility index (Phi) is 6.79. The van der Waals surface area contributed by atoms with Gasteiger partial charge in [0.1, 0.15) is 5.76 Å². The molecule has 3 amide bonds. The lowest BCUT2D eigenvalue weighted by atomic mass is 10.3. The number of rotatable bonds is 8. The number of nitrogens with zero attached hydrogens (tertiary/aromatic N) is 1. The molecule has 0 bridgehead atoms. The van der Waals surface area contributed by atoms with Gasteiger partial charge in [0.25, 0.3) is 0 Å². The summed E-state index contributed by atoms with van der Waals surface area (Å²) in [5.74, 6) is -0.689. The number of carbonyl (C=O) groups is 3. The molecular weight excluding hydrogens is 278 g/mol. The van der Waals surface area contributed by atoms with Gasteiger partial charge in [0.2, 0.25) is 5.91 Å². The average molecular weight is 297 g/mol. The van der Waals surface area contributed by atoms with E-state index in [9.17, 15) is 14.4 Å². The third-order valence-corrected chi connectivity index (χ3v) is 2.73. The maximum atomic E-state index is 11.8. The molecule has 8 nitrogen and oxygen atoms in total. The molecule has 0 atom stereocenters. The van der Waals surface area contributed by atoms with Crippen LogP contribution in [-0.4, -0.2) is 47.5 Å². The molecule has 21 heavy (non-hydrogen) atoms. The van der Waals surface area contributed by atoms with Gasteiger partial charge in [0.05, 0.1) is 25.8 Å². The standard InChI is InChI=1S/C13H19N3O5/c1-2-16(6-5-12(18)19)11(17)9-15-13(20)14-8-10-4-3-7-21-10/h3-4,7H,2,5-6,8-9H2,1H3,(H,18,19)(H2,14,15,20). The smallest absolute Gasteiger partial charge is 0.315 e. The fourth-order valence-electron chi connectivity index (χ4n) is 1.60. The molecule has 0 unspecified atom stereocenters. The predicted molar refractivity (Wildman–Crippen MR) is 73.5 cm³/mol. The summed E-state index contributed by atoms with van der Waals surface area (Å²) in [6.45, 7) is 2.31. The Labute approximate surface area is 122 Å². The van der Waals surface area contributed by atoms with Gasteiger partial charge in [-0.3, -0.25) is 9.59 Å². The third-order valence-electron chi connectivity index (χ3n) is 2.73. The summed E-state index contributed by atoms with van der Waals surface area (Å²) in [4.78, 5) is 35.1. The molecule has 1 heterocycles. The molecule has 0 aliphatic heterocycles. The van der Waals surface area contributed by atoms with Crippen LogP contribution < -0.4 is 10.6 Å². The highest BCUT2D eigenvalue weighted by Crippen LogP contribution is 1.98. The van der Waals surface area contributed by atoms with E-state index in [1.165, 1.54) is 11.2 Å². The number of nitrogens with one attached hydrogen (secondary N) is 2. The highest BCUT2D eigenvalue weighted by Gasteiger charge is 2.13. The van der Waals surface area contributed by atoms with Gasteiger partial charge in [-0.2, -0.15) is 0 Å². The van der Waals surface area contributed by atoms with E-state index in [1.54, 1.807) is 19.1 Å². The first-order valence-electron chi connectivity index (χ1n) is 6.56. The van der Waals surface area contributed by atoms with Gasteiger partial charge < -0.3 is 25.1 Å². The molecule has 3 N–H and O–H groups in total. The van der Waals surface area contributed by atoms with E-state index in [4.69, 9.17) is 9.52 Å². The van der Waals surface area contributed by atoms with Gasteiger partial charge in [-0.05, 0) is 19.1 Å². The summed E-state index contributed by atoms with van der Waals surface area (Å²) in [6, 6.07) is 2.94. The summed E-state index contributed by atoms with van der Waals surface area (Å²) >= 11 is 0. The van der Waals surface area contributed by atoms with Crippen molar-refractivity contribution in [2.75, 3.05) is 19.6 Å². The molecule has 8 heteroatoms. The maximum absolute atomic E-state index is 11.8. The Balaban J connectivity index is 2.26. The molecular formula is C13H19N3O5. The van der Waals surface area contributed by atoms with Crippen molar-refractivity contribution in [2.24, 2.45) is 0 Å². The molecule has 1 aromatic rings. The van der Waals surface area contributed by atoms with E-state index < -0.39 is 12.0 Å². The largest absolute Gasteiger partial charge is 0.481 e. The minimum Gasteiger partial charge on any atom is -0.481 e. The predicted octanol–water partition coefficient (Wildman–Crippen LogP) is 0.402. The van der Waals surface area contributed by atoms with Gasteiger partial charge in [-0.25, -0.2) is 4.79 Å². The van der Waals surface area contributed by atoms with Crippen LogP contribution in [0, 0.1) is 0 Å². The van der Waals surface area contributed by atoms with Crippen LogP contribution in [0.1, 0.15) is 19.1 Å². The van der Waals surface area contributed by atoms with Crippen LogP contribution in [0.4, 0.5) is 4.79 Å². The maximum Gasteiger partial charge on any atom is 0.315 e. The van der Waals surface area contributed by atoms with Crippen molar-refractivity contribution in [1.82, 2.24) is 15.5 Å². The van der Waals surface area contributed by atoms with Crippen LogP contribution in [0.5, 0.6) is 0 Å². The number of furan rings is 1. The topological polar surface area (TPSA) is 112 Å². The van der Waals surface area contributed by atoms with Crippen molar-refractivity contribution in [2.45, 2.75) is 19.9 Å². The first kappa shape index (κ1) is 16.5.